The van der Waals surface area contributed by atoms with Crippen LogP contribution >= 0.6 is 34.2 Å². The van der Waals surface area contributed by atoms with Crippen molar-refractivity contribution in [2.45, 2.75) is 12.8 Å². The average molecular weight is 340 g/mol. The molecule has 82 valence electrons. The summed E-state index contributed by atoms with van der Waals surface area (Å²) in [6.45, 7) is 0.0217. The highest BCUT2D eigenvalue weighted by Gasteiger charge is 2.05. The zero-order valence-electron chi connectivity index (χ0n) is 7.96. The van der Waals surface area contributed by atoms with E-state index < -0.39 is 0 Å². The second-order valence-corrected chi connectivity index (χ2v) is 4.65. The number of aliphatic hydroxyl groups excluding tert-OH is 1. The Bertz CT molecular complexity index is 357. The summed E-state index contributed by atoms with van der Waals surface area (Å²) in [5.41, 5.74) is 0.611. The largest absolute Gasteiger partial charge is 0.396 e. The molecule has 0 heterocycles. The van der Waals surface area contributed by atoms with Gasteiger partial charge in [-0.2, -0.15) is 0 Å². The van der Waals surface area contributed by atoms with Gasteiger partial charge in [0.1, 0.15) is 0 Å². The molecule has 0 bridgehead atoms. The van der Waals surface area contributed by atoms with E-state index in [2.05, 4.69) is 27.9 Å². The molecule has 1 aromatic carbocycles. The normalized spacial score (nSPS) is 10.1. The maximum atomic E-state index is 11.3. The third-order valence-electron chi connectivity index (χ3n) is 1.77. The van der Waals surface area contributed by atoms with Crippen molar-refractivity contribution in [2.24, 2.45) is 0 Å². The minimum atomic E-state index is -0.132. The van der Waals surface area contributed by atoms with E-state index in [1.54, 1.807) is 12.1 Å². The van der Waals surface area contributed by atoms with Crippen LogP contribution in [0.4, 0.5) is 5.69 Å². The lowest BCUT2D eigenvalue weighted by molar-refractivity contribution is -0.116. The van der Waals surface area contributed by atoms with Crippen LogP contribution in [0, 0.1) is 3.57 Å². The maximum absolute atomic E-state index is 11.3. The predicted molar refractivity (Wildman–Crippen MR) is 69.1 cm³/mol. The van der Waals surface area contributed by atoms with Gasteiger partial charge in [-0.3, -0.25) is 4.79 Å². The number of hydrogen-bond acceptors (Lipinski definition) is 2. The Balaban J connectivity index is 2.60. The van der Waals surface area contributed by atoms with Gasteiger partial charge in [-0.1, -0.05) is 11.6 Å². The van der Waals surface area contributed by atoms with Crippen molar-refractivity contribution >= 4 is 45.8 Å². The van der Waals surface area contributed by atoms with Crippen molar-refractivity contribution in [1.29, 1.82) is 0 Å². The minimum absolute atomic E-state index is 0.0217. The van der Waals surface area contributed by atoms with Crippen molar-refractivity contribution in [2.75, 3.05) is 11.9 Å². The average Bonchev–Trinajstić information content (AvgIpc) is 2.19. The van der Waals surface area contributed by atoms with Gasteiger partial charge in [-0.05, 0) is 47.2 Å². The van der Waals surface area contributed by atoms with Crippen LogP contribution in [-0.4, -0.2) is 17.6 Å². The molecule has 0 aliphatic heterocycles. The van der Waals surface area contributed by atoms with Gasteiger partial charge < -0.3 is 10.4 Å². The Morgan fingerprint density at radius 2 is 2.27 bits per heavy atom. The lowest BCUT2D eigenvalue weighted by Gasteiger charge is -2.06. The highest BCUT2D eigenvalue weighted by atomic mass is 127. The lowest BCUT2D eigenvalue weighted by atomic mass is 10.2. The number of benzene rings is 1. The third-order valence-corrected chi connectivity index (χ3v) is 2.75. The Labute approximate surface area is 107 Å². The monoisotopic (exact) mass is 339 g/mol. The van der Waals surface area contributed by atoms with Gasteiger partial charge >= 0.3 is 0 Å². The predicted octanol–water partition coefficient (Wildman–Crippen LogP) is 2.66. The van der Waals surface area contributed by atoms with E-state index >= 15 is 0 Å². The van der Waals surface area contributed by atoms with Crippen molar-refractivity contribution in [3.05, 3.63) is 26.8 Å². The summed E-state index contributed by atoms with van der Waals surface area (Å²) in [5.74, 6) is -0.132. The summed E-state index contributed by atoms with van der Waals surface area (Å²) in [6.07, 6.45) is 0.770. The summed E-state index contributed by atoms with van der Waals surface area (Å²) in [4.78, 5) is 11.3. The molecule has 5 heteroatoms. The molecule has 0 aromatic heterocycles. The molecule has 1 rings (SSSR count). The van der Waals surface area contributed by atoms with E-state index in [1.807, 2.05) is 6.07 Å². The van der Waals surface area contributed by atoms with E-state index in [4.69, 9.17) is 16.7 Å². The fraction of sp³-hybridized carbons (Fsp3) is 0.300. The fourth-order valence-corrected chi connectivity index (χ4v) is 1.95. The smallest absolute Gasteiger partial charge is 0.224 e. The second-order valence-electron chi connectivity index (χ2n) is 3.00. The van der Waals surface area contributed by atoms with E-state index in [0.29, 0.717) is 23.6 Å². The summed E-state index contributed by atoms with van der Waals surface area (Å²) < 4.78 is 1.02. The molecule has 0 aliphatic carbocycles. The van der Waals surface area contributed by atoms with Crippen LogP contribution in [0.25, 0.3) is 0 Å². The zero-order chi connectivity index (χ0) is 11.3. The molecular weight excluding hydrogens is 328 g/mol. The zero-order valence-corrected chi connectivity index (χ0v) is 10.9. The quantitative estimate of drug-likeness (QED) is 0.829. The van der Waals surface area contributed by atoms with Gasteiger partial charge in [0, 0.05) is 16.6 Å². The SMILES string of the molecule is O=C(CCCO)Nc1ccc(I)cc1Cl. The summed E-state index contributed by atoms with van der Waals surface area (Å²) in [7, 11) is 0. The number of nitrogens with one attached hydrogen (secondary N) is 1. The summed E-state index contributed by atoms with van der Waals surface area (Å²) in [5, 5.41) is 11.8. The van der Waals surface area contributed by atoms with Crippen molar-refractivity contribution in [3.63, 3.8) is 0 Å². The molecule has 0 spiro atoms. The number of carbonyl (C=O) groups excluding carboxylic acids is 1. The van der Waals surface area contributed by atoms with Crippen LogP contribution in [0.5, 0.6) is 0 Å². The van der Waals surface area contributed by atoms with Crippen LogP contribution < -0.4 is 5.32 Å². The van der Waals surface area contributed by atoms with Gasteiger partial charge in [-0.15, -0.1) is 0 Å². The standard InChI is InChI=1S/C10H11ClINO2/c11-8-6-7(12)3-4-9(8)13-10(15)2-1-5-14/h3-4,6,14H,1-2,5H2,(H,13,15). The number of amides is 1. The molecule has 0 atom stereocenters. The third kappa shape index (κ3) is 4.36. The lowest BCUT2D eigenvalue weighted by Crippen LogP contribution is -2.12. The van der Waals surface area contributed by atoms with E-state index in [-0.39, 0.29) is 12.5 Å². The number of halogens is 2. The molecule has 1 aromatic rings. The Hall–Kier alpha value is -0.330. The number of hydrogen-bond donors (Lipinski definition) is 2. The second kappa shape index (κ2) is 6.30. The van der Waals surface area contributed by atoms with E-state index in [9.17, 15) is 4.79 Å². The number of anilines is 1. The Kier molecular flexibility index (Phi) is 5.35. The van der Waals surface area contributed by atoms with Crippen molar-refractivity contribution in [3.8, 4) is 0 Å². The molecule has 0 saturated carbocycles. The molecule has 0 fully saturated rings. The molecule has 0 unspecified atom stereocenters. The van der Waals surface area contributed by atoms with E-state index in [0.717, 1.165) is 3.57 Å². The first-order chi connectivity index (χ1) is 7.13. The molecule has 1 amide bonds. The first-order valence-corrected chi connectivity index (χ1v) is 5.95. The first kappa shape index (κ1) is 12.7. The van der Waals surface area contributed by atoms with Gasteiger partial charge in [-0.25, -0.2) is 0 Å². The molecule has 0 aliphatic rings. The maximum Gasteiger partial charge on any atom is 0.224 e. The highest BCUT2D eigenvalue weighted by Crippen LogP contribution is 2.23. The van der Waals surface area contributed by atoms with Gasteiger partial charge in [0.25, 0.3) is 0 Å². The Morgan fingerprint density at radius 1 is 1.53 bits per heavy atom. The van der Waals surface area contributed by atoms with Crippen LogP contribution in [-0.2, 0) is 4.79 Å². The van der Waals surface area contributed by atoms with Crippen LogP contribution in [0.1, 0.15) is 12.8 Å². The number of rotatable bonds is 4. The van der Waals surface area contributed by atoms with Crippen LogP contribution in [0.15, 0.2) is 18.2 Å². The molecule has 0 radical (unpaired) electrons. The minimum Gasteiger partial charge on any atom is -0.396 e. The summed E-state index contributed by atoms with van der Waals surface area (Å²) in [6, 6.07) is 5.42. The fourth-order valence-electron chi connectivity index (χ4n) is 1.04. The van der Waals surface area contributed by atoms with Crippen molar-refractivity contribution in [1.82, 2.24) is 0 Å². The number of aliphatic hydroxyl groups is 1. The molecule has 0 saturated heterocycles. The van der Waals surface area contributed by atoms with Crippen molar-refractivity contribution < 1.29 is 9.90 Å². The summed E-state index contributed by atoms with van der Waals surface area (Å²) >= 11 is 8.09. The first-order valence-electron chi connectivity index (χ1n) is 4.49. The van der Waals surface area contributed by atoms with Gasteiger partial charge in [0.05, 0.1) is 10.7 Å². The topological polar surface area (TPSA) is 49.3 Å². The van der Waals surface area contributed by atoms with Gasteiger partial charge in [0.2, 0.25) is 5.91 Å². The number of carbonyl (C=O) groups is 1. The highest BCUT2D eigenvalue weighted by molar-refractivity contribution is 14.1. The van der Waals surface area contributed by atoms with Gasteiger partial charge in [0.15, 0.2) is 0 Å². The molecule has 15 heavy (non-hydrogen) atoms. The Morgan fingerprint density at radius 3 is 2.87 bits per heavy atom. The molecule has 2 N–H and O–H groups in total. The van der Waals surface area contributed by atoms with Crippen LogP contribution in [0.3, 0.4) is 0 Å². The molecule has 3 nitrogen and oxygen atoms in total. The molecular formula is C10H11ClINO2. The van der Waals surface area contributed by atoms with Crippen LogP contribution in [0.2, 0.25) is 5.02 Å². The van der Waals surface area contributed by atoms with E-state index in [1.165, 1.54) is 0 Å².